The van der Waals surface area contributed by atoms with E-state index < -0.39 is 10.1 Å². The van der Waals surface area contributed by atoms with Crippen LogP contribution in [-0.4, -0.2) is 59.5 Å². The predicted octanol–water partition coefficient (Wildman–Crippen LogP) is 4.46. The fraction of sp³-hybridized carbons (Fsp3) is 1.00. The zero-order valence-electron chi connectivity index (χ0n) is 15.0. The van der Waals surface area contributed by atoms with Crippen molar-refractivity contribution in [3.05, 3.63) is 0 Å². The minimum absolute atomic E-state index is 0. The molecule has 4 nitrogen and oxygen atoms in total. The molecule has 2 N–H and O–H groups in total. The number of hydrogen-bond acceptors (Lipinski definition) is 3. The molecule has 0 spiro atoms. The van der Waals surface area contributed by atoms with Crippen molar-refractivity contribution in [2.45, 2.75) is 109 Å². The molecular formula is C18H39NaO4S. The van der Waals surface area contributed by atoms with Gasteiger partial charge in [0.15, 0.2) is 0 Å². The Morgan fingerprint density at radius 2 is 1.08 bits per heavy atom. The summed E-state index contributed by atoms with van der Waals surface area (Å²) in [5.41, 5.74) is 0. The first-order chi connectivity index (χ1) is 11.0. The average molecular weight is 375 g/mol. The summed E-state index contributed by atoms with van der Waals surface area (Å²) in [5.74, 6) is -0.196. The van der Waals surface area contributed by atoms with Crippen LogP contribution in [0.2, 0.25) is 0 Å². The Labute approximate surface area is 172 Å². The van der Waals surface area contributed by atoms with E-state index >= 15 is 0 Å². The normalized spacial score (nSPS) is 12.8. The van der Waals surface area contributed by atoms with Crippen molar-refractivity contribution in [1.82, 2.24) is 0 Å². The van der Waals surface area contributed by atoms with E-state index in [0.717, 1.165) is 12.8 Å². The Kier molecular flexibility index (Phi) is 21.1. The summed E-state index contributed by atoms with van der Waals surface area (Å²) in [6.07, 6.45) is 16.5. The van der Waals surface area contributed by atoms with Crippen LogP contribution in [0.15, 0.2) is 0 Å². The molecule has 0 amide bonds. The molecule has 0 aromatic heterocycles. The van der Waals surface area contributed by atoms with Gasteiger partial charge in [-0.05, 0) is 25.7 Å². The Morgan fingerprint density at radius 3 is 1.50 bits per heavy atom. The van der Waals surface area contributed by atoms with Gasteiger partial charge in [-0.1, -0.05) is 77.6 Å². The predicted molar refractivity (Wildman–Crippen MR) is 105 cm³/mol. The molecule has 0 heterocycles. The van der Waals surface area contributed by atoms with Crippen LogP contribution < -0.4 is 0 Å². The summed E-state index contributed by atoms with van der Waals surface area (Å²) in [5, 5.41) is 9.81. The Hall–Kier alpha value is 0.870. The number of unbranched alkanes of at least 4 members (excludes halogenated alkanes) is 11. The molecule has 0 aliphatic carbocycles. The molecular weight excluding hydrogens is 335 g/mol. The van der Waals surface area contributed by atoms with Crippen molar-refractivity contribution in [3.8, 4) is 0 Å². The standard InChI is InChI=1S/C18H38O4S.Na.H/c1-2-3-4-5-6-7-8-9-10-11-12-15-18(19)16-13-14-17-23(20,21)22;;/h18-19H,2-17H2,1H3,(H,20,21,22);;. The third-order valence-corrected chi connectivity index (χ3v) is 5.14. The van der Waals surface area contributed by atoms with Crippen LogP contribution in [0.1, 0.15) is 103 Å². The molecule has 0 fully saturated rings. The van der Waals surface area contributed by atoms with E-state index in [4.69, 9.17) is 4.55 Å². The van der Waals surface area contributed by atoms with E-state index in [1.165, 1.54) is 64.2 Å². The van der Waals surface area contributed by atoms with Gasteiger partial charge in [0.1, 0.15) is 0 Å². The number of hydrogen-bond donors (Lipinski definition) is 2. The van der Waals surface area contributed by atoms with E-state index in [0.29, 0.717) is 19.3 Å². The van der Waals surface area contributed by atoms with E-state index in [9.17, 15) is 13.5 Å². The zero-order valence-corrected chi connectivity index (χ0v) is 15.8. The third-order valence-electron chi connectivity index (χ3n) is 4.33. The van der Waals surface area contributed by atoms with Crippen LogP contribution in [0.4, 0.5) is 0 Å². The van der Waals surface area contributed by atoms with E-state index in [1.807, 2.05) is 0 Å². The van der Waals surface area contributed by atoms with Gasteiger partial charge in [0.2, 0.25) is 0 Å². The van der Waals surface area contributed by atoms with Crippen LogP contribution in [0.3, 0.4) is 0 Å². The summed E-state index contributed by atoms with van der Waals surface area (Å²) in [7, 11) is -3.84. The fourth-order valence-corrected chi connectivity index (χ4v) is 3.42. The Bertz CT molecular complexity index is 347. The summed E-state index contributed by atoms with van der Waals surface area (Å²) in [6, 6.07) is 0. The summed E-state index contributed by atoms with van der Waals surface area (Å²) in [6.45, 7) is 2.25. The van der Waals surface area contributed by atoms with Gasteiger partial charge in [-0.15, -0.1) is 0 Å². The monoisotopic (exact) mass is 374 g/mol. The molecule has 0 saturated carbocycles. The molecule has 0 aromatic carbocycles. The van der Waals surface area contributed by atoms with Crippen molar-refractivity contribution in [1.29, 1.82) is 0 Å². The van der Waals surface area contributed by atoms with Crippen molar-refractivity contribution < 1.29 is 18.1 Å². The molecule has 1 atom stereocenters. The summed E-state index contributed by atoms with van der Waals surface area (Å²) >= 11 is 0. The molecule has 0 aliphatic heterocycles. The van der Waals surface area contributed by atoms with Crippen molar-refractivity contribution in [2.24, 2.45) is 0 Å². The quantitative estimate of drug-likeness (QED) is 0.224. The zero-order chi connectivity index (χ0) is 17.4. The maximum absolute atomic E-state index is 10.6. The molecule has 24 heavy (non-hydrogen) atoms. The van der Waals surface area contributed by atoms with E-state index in [1.54, 1.807) is 0 Å². The second kappa shape index (κ2) is 18.7. The van der Waals surface area contributed by atoms with Gasteiger partial charge >= 0.3 is 29.6 Å². The van der Waals surface area contributed by atoms with Crippen molar-refractivity contribution in [2.75, 3.05) is 5.75 Å². The Morgan fingerprint density at radius 1 is 0.708 bits per heavy atom. The van der Waals surface area contributed by atoms with Crippen LogP contribution in [0, 0.1) is 0 Å². The van der Waals surface area contributed by atoms with Crippen LogP contribution >= 0.6 is 0 Å². The second-order valence-electron chi connectivity index (χ2n) is 6.76. The number of aliphatic hydroxyl groups excluding tert-OH is 1. The van der Waals surface area contributed by atoms with Crippen molar-refractivity contribution >= 4 is 39.7 Å². The topological polar surface area (TPSA) is 74.6 Å². The fourth-order valence-electron chi connectivity index (χ4n) is 2.85. The molecule has 0 bridgehead atoms. The van der Waals surface area contributed by atoms with Gasteiger partial charge in [0, 0.05) is 0 Å². The SMILES string of the molecule is CCCCCCCCCCCCCC(O)CCCCS(=O)(=O)O.[NaH]. The molecule has 0 aliphatic rings. The van der Waals surface area contributed by atoms with Gasteiger partial charge < -0.3 is 5.11 Å². The maximum atomic E-state index is 10.6. The minimum atomic E-state index is -3.84. The number of rotatable bonds is 17. The summed E-state index contributed by atoms with van der Waals surface area (Å²) < 4.78 is 29.7. The third kappa shape index (κ3) is 22.9. The molecule has 1 unspecified atom stereocenters. The van der Waals surface area contributed by atoms with Crippen LogP contribution in [-0.2, 0) is 10.1 Å². The second-order valence-corrected chi connectivity index (χ2v) is 8.33. The Balaban J connectivity index is 0. The van der Waals surface area contributed by atoms with Gasteiger partial charge in [-0.3, -0.25) is 4.55 Å². The van der Waals surface area contributed by atoms with E-state index in [2.05, 4.69) is 6.92 Å². The van der Waals surface area contributed by atoms with Crippen LogP contribution in [0.5, 0.6) is 0 Å². The first-order valence-corrected chi connectivity index (χ1v) is 11.2. The molecule has 0 radical (unpaired) electrons. The van der Waals surface area contributed by atoms with Crippen LogP contribution in [0.25, 0.3) is 0 Å². The van der Waals surface area contributed by atoms with E-state index in [-0.39, 0.29) is 41.4 Å². The average Bonchev–Trinajstić information content (AvgIpc) is 2.48. The first kappa shape index (κ1) is 27.1. The molecule has 0 rings (SSSR count). The number of aliphatic hydroxyl groups is 1. The molecule has 0 saturated heterocycles. The molecule has 0 aromatic rings. The van der Waals surface area contributed by atoms with Gasteiger partial charge in [0.05, 0.1) is 11.9 Å². The van der Waals surface area contributed by atoms with Gasteiger partial charge in [-0.25, -0.2) is 0 Å². The first-order valence-electron chi connectivity index (χ1n) is 9.59. The molecule has 142 valence electrons. The van der Waals surface area contributed by atoms with Gasteiger partial charge in [0.25, 0.3) is 10.1 Å². The summed E-state index contributed by atoms with van der Waals surface area (Å²) in [4.78, 5) is 0. The molecule has 6 heteroatoms. The van der Waals surface area contributed by atoms with Crippen molar-refractivity contribution in [3.63, 3.8) is 0 Å². The van der Waals surface area contributed by atoms with Gasteiger partial charge in [-0.2, -0.15) is 8.42 Å².